The zero-order chi connectivity index (χ0) is 15.6. The van der Waals surface area contributed by atoms with Gasteiger partial charge in [0, 0.05) is 10.6 Å². The average molecular weight is 365 g/mol. The molecule has 2 rings (SSSR count). The Balaban J connectivity index is 2.44. The summed E-state index contributed by atoms with van der Waals surface area (Å²) < 4.78 is 26.8. The molecule has 2 aromatic carbocycles. The van der Waals surface area contributed by atoms with E-state index in [1.54, 1.807) is 0 Å². The number of anilines is 1. The molecule has 1 N–H and O–H groups in total. The van der Waals surface area contributed by atoms with Gasteiger partial charge in [-0.15, -0.1) is 0 Å². The molecule has 0 spiro atoms. The number of aldehydes is 1. The van der Waals surface area contributed by atoms with Crippen molar-refractivity contribution in [2.24, 2.45) is 0 Å². The molecule has 0 radical (unpaired) electrons. The second-order valence-electron chi connectivity index (χ2n) is 4.03. The normalized spacial score (nSPS) is 11.2. The van der Waals surface area contributed by atoms with E-state index in [2.05, 4.69) is 4.72 Å². The lowest BCUT2D eigenvalue weighted by molar-refractivity contribution is 0.112. The SMILES string of the molecule is O=Cc1ccc(Cl)cc1NS(=O)(=O)c1ccc(Cl)c(Cl)c1. The molecule has 0 aliphatic carbocycles. The zero-order valence-electron chi connectivity index (χ0n) is 10.3. The van der Waals surface area contributed by atoms with Gasteiger partial charge in [0.2, 0.25) is 0 Å². The van der Waals surface area contributed by atoms with Crippen LogP contribution in [0, 0.1) is 0 Å². The van der Waals surface area contributed by atoms with Crippen molar-refractivity contribution in [1.29, 1.82) is 0 Å². The first-order chi connectivity index (χ1) is 9.83. The minimum Gasteiger partial charge on any atom is -0.298 e. The van der Waals surface area contributed by atoms with Crippen LogP contribution in [0.25, 0.3) is 0 Å². The van der Waals surface area contributed by atoms with Gasteiger partial charge in [-0.2, -0.15) is 0 Å². The summed E-state index contributed by atoms with van der Waals surface area (Å²) in [5.41, 5.74) is 0.256. The van der Waals surface area contributed by atoms with Crippen molar-refractivity contribution < 1.29 is 13.2 Å². The number of carbonyl (C=O) groups is 1. The van der Waals surface area contributed by atoms with Crippen LogP contribution in [0.2, 0.25) is 15.1 Å². The van der Waals surface area contributed by atoms with E-state index < -0.39 is 10.0 Å². The lowest BCUT2D eigenvalue weighted by Crippen LogP contribution is -2.14. The number of hydrogen-bond donors (Lipinski definition) is 1. The summed E-state index contributed by atoms with van der Waals surface area (Å²) in [6.07, 6.45) is 0.531. The molecule has 0 aromatic heterocycles. The Morgan fingerprint density at radius 2 is 1.67 bits per heavy atom. The Kier molecular flexibility index (Phi) is 4.78. The van der Waals surface area contributed by atoms with Crippen molar-refractivity contribution in [2.75, 3.05) is 4.72 Å². The first-order valence-corrected chi connectivity index (χ1v) is 8.18. The minimum atomic E-state index is -3.91. The number of nitrogens with one attached hydrogen (secondary N) is 1. The van der Waals surface area contributed by atoms with E-state index in [4.69, 9.17) is 34.8 Å². The Morgan fingerprint density at radius 3 is 2.29 bits per heavy atom. The maximum Gasteiger partial charge on any atom is 0.261 e. The fraction of sp³-hybridized carbons (Fsp3) is 0. The summed E-state index contributed by atoms with van der Waals surface area (Å²) in [4.78, 5) is 10.9. The summed E-state index contributed by atoms with van der Waals surface area (Å²) in [7, 11) is -3.91. The van der Waals surface area contributed by atoms with E-state index in [9.17, 15) is 13.2 Å². The van der Waals surface area contributed by atoms with Crippen LogP contribution in [0.4, 0.5) is 5.69 Å². The molecule has 0 heterocycles. The largest absolute Gasteiger partial charge is 0.298 e. The molecule has 0 aliphatic heterocycles. The topological polar surface area (TPSA) is 63.2 Å². The van der Waals surface area contributed by atoms with E-state index >= 15 is 0 Å². The van der Waals surface area contributed by atoms with Crippen molar-refractivity contribution in [3.8, 4) is 0 Å². The Bertz CT molecular complexity index is 806. The van der Waals surface area contributed by atoms with Crippen LogP contribution in [0.15, 0.2) is 41.3 Å². The molecule has 4 nitrogen and oxygen atoms in total. The lowest BCUT2D eigenvalue weighted by Gasteiger charge is -2.11. The first-order valence-electron chi connectivity index (χ1n) is 5.56. The van der Waals surface area contributed by atoms with E-state index in [0.717, 1.165) is 0 Å². The van der Waals surface area contributed by atoms with Crippen LogP contribution in [-0.2, 0) is 10.0 Å². The second-order valence-corrected chi connectivity index (χ2v) is 6.96. The summed E-state index contributed by atoms with van der Waals surface area (Å²) in [6.45, 7) is 0. The van der Waals surface area contributed by atoms with Gasteiger partial charge in [0.25, 0.3) is 10.0 Å². The van der Waals surface area contributed by atoms with Gasteiger partial charge in [-0.25, -0.2) is 8.42 Å². The standard InChI is InChI=1S/C13H8Cl3NO3S/c14-9-2-1-8(7-18)13(5-9)17-21(19,20)10-3-4-11(15)12(16)6-10/h1-7,17H. The minimum absolute atomic E-state index is 0.0753. The molecule has 0 bridgehead atoms. The van der Waals surface area contributed by atoms with E-state index in [1.807, 2.05) is 0 Å². The monoisotopic (exact) mass is 363 g/mol. The molecule has 0 saturated carbocycles. The number of rotatable bonds is 4. The predicted octanol–water partition coefficient (Wildman–Crippen LogP) is 4.26. The van der Waals surface area contributed by atoms with Crippen LogP contribution in [0.3, 0.4) is 0 Å². The maximum atomic E-state index is 12.3. The van der Waals surface area contributed by atoms with Crippen molar-refractivity contribution in [2.45, 2.75) is 4.90 Å². The highest BCUT2D eigenvalue weighted by molar-refractivity contribution is 7.92. The summed E-state index contributed by atoms with van der Waals surface area (Å²) in [5, 5.41) is 0.653. The molecule has 0 saturated heterocycles. The third-order valence-corrected chi connectivity index (χ3v) is 4.93. The fourth-order valence-electron chi connectivity index (χ4n) is 1.57. The van der Waals surface area contributed by atoms with Crippen molar-refractivity contribution in [3.05, 3.63) is 57.0 Å². The molecule has 21 heavy (non-hydrogen) atoms. The number of carbonyl (C=O) groups excluding carboxylic acids is 1. The molecular weight excluding hydrogens is 357 g/mol. The molecule has 0 amide bonds. The molecule has 110 valence electrons. The quantitative estimate of drug-likeness (QED) is 0.824. The molecule has 8 heteroatoms. The Labute approximate surface area is 136 Å². The highest BCUT2D eigenvalue weighted by Crippen LogP contribution is 2.27. The van der Waals surface area contributed by atoms with Gasteiger partial charge in [0.1, 0.15) is 0 Å². The van der Waals surface area contributed by atoms with Crippen molar-refractivity contribution in [1.82, 2.24) is 0 Å². The average Bonchev–Trinajstić information content (AvgIpc) is 2.41. The van der Waals surface area contributed by atoms with Crippen LogP contribution in [0.1, 0.15) is 10.4 Å². The third kappa shape index (κ3) is 3.68. The molecular formula is C13H8Cl3NO3S. The van der Waals surface area contributed by atoms with Crippen LogP contribution in [-0.4, -0.2) is 14.7 Å². The molecule has 2 aromatic rings. The zero-order valence-corrected chi connectivity index (χ0v) is 13.4. The number of benzene rings is 2. The van der Waals surface area contributed by atoms with Crippen molar-refractivity contribution in [3.63, 3.8) is 0 Å². The maximum absolute atomic E-state index is 12.3. The molecule has 0 aliphatic rings. The van der Waals surface area contributed by atoms with Gasteiger partial charge in [0.05, 0.1) is 20.6 Å². The number of halogens is 3. The highest BCUT2D eigenvalue weighted by atomic mass is 35.5. The van der Waals surface area contributed by atoms with Gasteiger partial charge in [-0.1, -0.05) is 34.8 Å². The molecule has 0 unspecified atom stereocenters. The van der Waals surface area contributed by atoms with E-state index in [-0.39, 0.29) is 26.2 Å². The second kappa shape index (κ2) is 6.23. The molecule has 0 fully saturated rings. The Morgan fingerprint density at radius 1 is 0.952 bits per heavy atom. The molecule has 0 atom stereocenters. The Hall–Kier alpha value is -1.27. The van der Waals surface area contributed by atoms with Gasteiger partial charge in [-0.3, -0.25) is 9.52 Å². The smallest absolute Gasteiger partial charge is 0.261 e. The highest BCUT2D eigenvalue weighted by Gasteiger charge is 2.17. The van der Waals surface area contributed by atoms with E-state index in [1.165, 1.54) is 36.4 Å². The van der Waals surface area contributed by atoms with Gasteiger partial charge < -0.3 is 0 Å². The fourth-order valence-corrected chi connectivity index (χ4v) is 3.21. The predicted molar refractivity (Wildman–Crippen MR) is 84.1 cm³/mol. The van der Waals surface area contributed by atoms with Crippen LogP contribution in [0.5, 0.6) is 0 Å². The van der Waals surface area contributed by atoms with Crippen LogP contribution >= 0.6 is 34.8 Å². The van der Waals surface area contributed by atoms with E-state index in [0.29, 0.717) is 11.3 Å². The third-order valence-electron chi connectivity index (χ3n) is 2.59. The first kappa shape index (κ1) is 16.1. The van der Waals surface area contributed by atoms with Gasteiger partial charge >= 0.3 is 0 Å². The summed E-state index contributed by atoms with van der Waals surface area (Å²) in [5.74, 6) is 0. The van der Waals surface area contributed by atoms with Gasteiger partial charge in [-0.05, 0) is 36.4 Å². The number of hydrogen-bond acceptors (Lipinski definition) is 3. The van der Waals surface area contributed by atoms with Crippen LogP contribution < -0.4 is 4.72 Å². The summed E-state index contributed by atoms with van der Waals surface area (Å²) in [6, 6.07) is 8.15. The summed E-state index contributed by atoms with van der Waals surface area (Å²) >= 11 is 17.4. The van der Waals surface area contributed by atoms with Gasteiger partial charge in [0.15, 0.2) is 6.29 Å². The van der Waals surface area contributed by atoms with Crippen molar-refractivity contribution >= 4 is 56.8 Å². The lowest BCUT2D eigenvalue weighted by atomic mass is 10.2. The number of sulfonamides is 1.